The van der Waals surface area contributed by atoms with Crippen LogP contribution in [0.2, 0.25) is 0 Å². The largest absolute Gasteiger partial charge is 0.343 e. The number of hydrogen-bond donors (Lipinski definition) is 1. The summed E-state index contributed by atoms with van der Waals surface area (Å²) >= 11 is 0. The fourth-order valence-electron chi connectivity index (χ4n) is 1.80. The van der Waals surface area contributed by atoms with Gasteiger partial charge in [-0.15, -0.1) is 0 Å². The average molecular weight is 227 g/mol. The van der Waals surface area contributed by atoms with Crippen LogP contribution >= 0.6 is 0 Å². The molecule has 5 heteroatoms. The molecule has 1 heterocycles. The lowest BCUT2D eigenvalue weighted by molar-refractivity contribution is -0.131. The van der Waals surface area contributed by atoms with Crippen LogP contribution in [0.1, 0.15) is 26.2 Å². The van der Waals surface area contributed by atoms with Gasteiger partial charge < -0.3 is 15.1 Å². The van der Waals surface area contributed by atoms with Crippen LogP contribution in [-0.2, 0) is 4.79 Å². The molecule has 92 valence electrons. The lowest BCUT2D eigenvalue weighted by Crippen LogP contribution is -2.48. The van der Waals surface area contributed by atoms with Gasteiger partial charge >= 0.3 is 6.03 Å². The second-order valence-corrected chi connectivity index (χ2v) is 4.35. The maximum Gasteiger partial charge on any atom is 0.317 e. The molecule has 1 fully saturated rings. The number of hydrogen-bond acceptors (Lipinski definition) is 2. The SMILES string of the molecule is CCC(=O)N1CCC(NC(=O)N(C)C)CC1. The van der Waals surface area contributed by atoms with E-state index in [-0.39, 0.29) is 18.0 Å². The van der Waals surface area contributed by atoms with Crippen LogP contribution in [0.25, 0.3) is 0 Å². The normalized spacial score (nSPS) is 17.1. The highest BCUT2D eigenvalue weighted by Gasteiger charge is 2.23. The molecule has 1 aliphatic rings. The molecular formula is C11H21N3O2. The molecule has 0 radical (unpaired) electrons. The van der Waals surface area contributed by atoms with Crippen LogP contribution in [0.4, 0.5) is 4.79 Å². The number of nitrogens with zero attached hydrogens (tertiary/aromatic N) is 2. The molecule has 0 unspecified atom stereocenters. The van der Waals surface area contributed by atoms with Crippen molar-refractivity contribution in [2.24, 2.45) is 0 Å². The Labute approximate surface area is 96.8 Å². The van der Waals surface area contributed by atoms with E-state index in [1.54, 1.807) is 14.1 Å². The first-order valence-electron chi connectivity index (χ1n) is 5.80. The van der Waals surface area contributed by atoms with Crippen molar-refractivity contribution < 1.29 is 9.59 Å². The predicted molar refractivity (Wildman–Crippen MR) is 62.1 cm³/mol. The Morgan fingerprint density at radius 1 is 1.31 bits per heavy atom. The first-order valence-corrected chi connectivity index (χ1v) is 5.80. The number of urea groups is 1. The molecule has 0 spiro atoms. The van der Waals surface area contributed by atoms with Gasteiger partial charge in [0.2, 0.25) is 5.91 Å². The van der Waals surface area contributed by atoms with Crippen molar-refractivity contribution in [2.45, 2.75) is 32.2 Å². The number of amides is 3. The summed E-state index contributed by atoms with van der Waals surface area (Å²) in [6.07, 6.45) is 2.27. The summed E-state index contributed by atoms with van der Waals surface area (Å²) in [6.45, 7) is 3.39. The topological polar surface area (TPSA) is 52.7 Å². The highest BCUT2D eigenvalue weighted by atomic mass is 16.2. The van der Waals surface area contributed by atoms with E-state index in [2.05, 4.69) is 5.32 Å². The lowest BCUT2D eigenvalue weighted by atomic mass is 10.0. The van der Waals surface area contributed by atoms with Crippen LogP contribution in [0.3, 0.4) is 0 Å². The fourth-order valence-corrected chi connectivity index (χ4v) is 1.80. The van der Waals surface area contributed by atoms with Gasteiger partial charge in [0, 0.05) is 39.6 Å². The monoisotopic (exact) mass is 227 g/mol. The second kappa shape index (κ2) is 5.72. The van der Waals surface area contributed by atoms with Gasteiger partial charge in [-0.25, -0.2) is 4.79 Å². The summed E-state index contributed by atoms with van der Waals surface area (Å²) in [7, 11) is 3.45. The van der Waals surface area contributed by atoms with Gasteiger partial charge in [-0.3, -0.25) is 4.79 Å². The van der Waals surface area contributed by atoms with Gasteiger partial charge in [-0.2, -0.15) is 0 Å². The van der Waals surface area contributed by atoms with Gasteiger partial charge in [0.05, 0.1) is 0 Å². The Morgan fingerprint density at radius 2 is 1.88 bits per heavy atom. The zero-order valence-electron chi connectivity index (χ0n) is 10.3. The van der Waals surface area contributed by atoms with E-state index in [1.807, 2.05) is 11.8 Å². The lowest BCUT2D eigenvalue weighted by Gasteiger charge is -2.32. The first-order chi connectivity index (χ1) is 7.54. The molecule has 16 heavy (non-hydrogen) atoms. The number of rotatable bonds is 2. The summed E-state index contributed by atoms with van der Waals surface area (Å²) in [5, 5.41) is 2.94. The Kier molecular flexibility index (Phi) is 4.58. The number of carbonyl (C=O) groups is 2. The van der Waals surface area contributed by atoms with Crippen LogP contribution in [-0.4, -0.2) is 55.0 Å². The first kappa shape index (κ1) is 12.8. The van der Waals surface area contributed by atoms with Crippen molar-refractivity contribution in [3.63, 3.8) is 0 Å². The van der Waals surface area contributed by atoms with Gasteiger partial charge in [-0.05, 0) is 12.8 Å². The smallest absolute Gasteiger partial charge is 0.317 e. The Morgan fingerprint density at radius 3 is 2.31 bits per heavy atom. The molecule has 0 aromatic carbocycles. The van der Waals surface area contributed by atoms with E-state index in [0.717, 1.165) is 25.9 Å². The van der Waals surface area contributed by atoms with Gasteiger partial charge in [0.15, 0.2) is 0 Å². The second-order valence-electron chi connectivity index (χ2n) is 4.35. The minimum absolute atomic E-state index is 0.0553. The number of carbonyl (C=O) groups excluding carboxylic acids is 2. The molecule has 0 atom stereocenters. The maximum absolute atomic E-state index is 11.4. The number of likely N-dealkylation sites (tertiary alicyclic amines) is 1. The fraction of sp³-hybridized carbons (Fsp3) is 0.818. The van der Waals surface area contributed by atoms with Crippen molar-refractivity contribution in [3.05, 3.63) is 0 Å². The highest BCUT2D eigenvalue weighted by Crippen LogP contribution is 2.11. The molecule has 5 nitrogen and oxygen atoms in total. The Balaban J connectivity index is 2.32. The molecule has 1 aliphatic heterocycles. The molecule has 0 aromatic heterocycles. The van der Waals surface area contributed by atoms with E-state index >= 15 is 0 Å². The molecule has 1 saturated heterocycles. The average Bonchev–Trinajstić information content (AvgIpc) is 2.28. The van der Waals surface area contributed by atoms with Crippen molar-refractivity contribution in [2.75, 3.05) is 27.2 Å². The minimum atomic E-state index is -0.0553. The van der Waals surface area contributed by atoms with E-state index in [4.69, 9.17) is 0 Å². The van der Waals surface area contributed by atoms with E-state index in [0.29, 0.717) is 6.42 Å². The standard InChI is InChI=1S/C11H21N3O2/c1-4-10(15)14-7-5-9(6-8-14)12-11(16)13(2)3/h9H,4-8H2,1-3H3,(H,12,16). The van der Waals surface area contributed by atoms with E-state index < -0.39 is 0 Å². The summed E-state index contributed by atoms with van der Waals surface area (Å²) in [5.74, 6) is 0.206. The summed E-state index contributed by atoms with van der Waals surface area (Å²) in [4.78, 5) is 26.3. The molecule has 1 N–H and O–H groups in total. The zero-order valence-corrected chi connectivity index (χ0v) is 10.3. The molecule has 0 saturated carbocycles. The van der Waals surface area contributed by atoms with Crippen LogP contribution < -0.4 is 5.32 Å². The Hall–Kier alpha value is -1.26. The van der Waals surface area contributed by atoms with Crippen LogP contribution in [0.5, 0.6) is 0 Å². The van der Waals surface area contributed by atoms with Gasteiger partial charge in [-0.1, -0.05) is 6.92 Å². The third-order valence-electron chi connectivity index (χ3n) is 2.88. The number of nitrogens with one attached hydrogen (secondary N) is 1. The predicted octanol–water partition coefficient (Wildman–Crippen LogP) is 0.659. The Bertz CT molecular complexity index is 258. The number of piperidine rings is 1. The molecule has 0 aromatic rings. The summed E-state index contributed by atoms with van der Waals surface area (Å²) < 4.78 is 0. The van der Waals surface area contributed by atoms with Crippen molar-refractivity contribution in [3.8, 4) is 0 Å². The molecule has 3 amide bonds. The van der Waals surface area contributed by atoms with Crippen LogP contribution in [0, 0.1) is 0 Å². The summed E-state index contributed by atoms with van der Waals surface area (Å²) in [5.41, 5.74) is 0. The summed E-state index contributed by atoms with van der Waals surface area (Å²) in [6, 6.07) is 0.149. The quantitative estimate of drug-likeness (QED) is 0.753. The highest BCUT2D eigenvalue weighted by molar-refractivity contribution is 5.76. The van der Waals surface area contributed by atoms with E-state index in [9.17, 15) is 9.59 Å². The maximum atomic E-state index is 11.4. The van der Waals surface area contributed by atoms with Gasteiger partial charge in [0.1, 0.15) is 0 Å². The molecule has 1 rings (SSSR count). The van der Waals surface area contributed by atoms with Gasteiger partial charge in [0.25, 0.3) is 0 Å². The molecule has 0 aliphatic carbocycles. The van der Waals surface area contributed by atoms with Crippen molar-refractivity contribution >= 4 is 11.9 Å². The zero-order chi connectivity index (χ0) is 12.1. The minimum Gasteiger partial charge on any atom is -0.343 e. The third-order valence-corrected chi connectivity index (χ3v) is 2.88. The van der Waals surface area contributed by atoms with Crippen LogP contribution in [0.15, 0.2) is 0 Å². The van der Waals surface area contributed by atoms with Crippen molar-refractivity contribution in [1.82, 2.24) is 15.1 Å². The molecular weight excluding hydrogens is 206 g/mol. The molecule has 0 bridgehead atoms. The van der Waals surface area contributed by atoms with Crippen molar-refractivity contribution in [1.29, 1.82) is 0 Å². The third kappa shape index (κ3) is 3.40. The van der Waals surface area contributed by atoms with E-state index in [1.165, 1.54) is 4.90 Å².